The lowest BCUT2D eigenvalue weighted by atomic mass is 10.4. The number of ether oxygens (including phenoxy) is 2. The van der Waals surface area contributed by atoms with E-state index in [0.29, 0.717) is 0 Å². The van der Waals surface area contributed by atoms with E-state index in [-0.39, 0.29) is 12.4 Å². The number of hydrogen-bond donors (Lipinski definition) is 3. The van der Waals surface area contributed by atoms with Gasteiger partial charge in [-0.25, -0.2) is 9.78 Å². The summed E-state index contributed by atoms with van der Waals surface area (Å²) in [5.41, 5.74) is 5.03. The van der Waals surface area contributed by atoms with E-state index in [1.165, 1.54) is 19.2 Å². The van der Waals surface area contributed by atoms with Crippen LogP contribution in [0.1, 0.15) is 6.92 Å². The first-order chi connectivity index (χ1) is 8.75. The van der Waals surface area contributed by atoms with Crippen molar-refractivity contribution < 1.29 is 23.8 Å². The molecular weight excluding hydrogens is 277 g/mol. The second kappa shape index (κ2) is 6.27. The normalized spacial score (nSPS) is 15.2. The van der Waals surface area contributed by atoms with Crippen molar-refractivity contribution in [2.75, 3.05) is 12.8 Å². The third kappa shape index (κ3) is 4.41. The number of nitrogens with two attached hydrogens (primary N) is 1. The monoisotopic (exact) mass is 293 g/mol. The molecule has 2 atom stereocenters. The molecule has 0 spiro atoms. The Hall–Kier alpha value is -1.25. The molecule has 10 heteroatoms. The van der Waals surface area contributed by atoms with Gasteiger partial charge in [-0.1, -0.05) is 0 Å². The van der Waals surface area contributed by atoms with E-state index in [1.54, 1.807) is 0 Å². The third-order valence-corrected chi connectivity index (χ3v) is 3.12. The van der Waals surface area contributed by atoms with Crippen LogP contribution in [0.5, 0.6) is 0 Å². The van der Waals surface area contributed by atoms with Crippen molar-refractivity contribution in [3.05, 3.63) is 22.7 Å². The summed E-state index contributed by atoms with van der Waals surface area (Å²) in [4.78, 5) is 32.9. The molecule has 9 nitrogen and oxygen atoms in total. The van der Waals surface area contributed by atoms with Crippen LogP contribution < -0.4 is 11.4 Å². The summed E-state index contributed by atoms with van der Waals surface area (Å²) >= 11 is 0. The molecule has 0 bridgehead atoms. The summed E-state index contributed by atoms with van der Waals surface area (Å²) in [7, 11) is -3.42. The van der Waals surface area contributed by atoms with E-state index in [9.17, 15) is 9.36 Å². The highest BCUT2D eigenvalue weighted by molar-refractivity contribution is 7.52. The molecule has 1 unspecified atom stereocenters. The summed E-state index contributed by atoms with van der Waals surface area (Å²) < 4.78 is 21.8. The Balaban J connectivity index is 2.78. The lowest BCUT2D eigenvalue weighted by molar-refractivity contribution is -0.114. The van der Waals surface area contributed by atoms with Gasteiger partial charge in [0.1, 0.15) is 5.82 Å². The largest absolute Gasteiger partial charge is 0.385 e. The molecule has 0 aliphatic heterocycles. The van der Waals surface area contributed by atoms with Crippen LogP contribution in [-0.2, 0) is 20.6 Å². The van der Waals surface area contributed by atoms with Gasteiger partial charge in [0.05, 0.1) is 12.6 Å². The molecule has 1 heterocycles. The zero-order valence-corrected chi connectivity index (χ0v) is 11.4. The van der Waals surface area contributed by atoms with Crippen molar-refractivity contribution in [2.24, 2.45) is 0 Å². The first kappa shape index (κ1) is 15.8. The number of hydrogen-bond acceptors (Lipinski definition) is 6. The molecule has 1 rings (SSSR count). The Kier molecular flexibility index (Phi) is 5.21. The number of anilines is 1. The molecule has 0 saturated heterocycles. The van der Waals surface area contributed by atoms with Gasteiger partial charge < -0.3 is 25.0 Å². The minimum absolute atomic E-state index is 0.00162. The van der Waals surface area contributed by atoms with E-state index < -0.39 is 25.4 Å². The summed E-state index contributed by atoms with van der Waals surface area (Å²) in [5, 5.41) is 0. The van der Waals surface area contributed by atoms with E-state index in [2.05, 4.69) is 9.72 Å². The maximum atomic E-state index is 11.5. The lowest BCUT2D eigenvalue weighted by Crippen LogP contribution is -2.32. The van der Waals surface area contributed by atoms with Gasteiger partial charge >= 0.3 is 13.3 Å². The van der Waals surface area contributed by atoms with Gasteiger partial charge in [0.15, 0.2) is 0 Å². The van der Waals surface area contributed by atoms with Crippen LogP contribution in [0, 0.1) is 0 Å². The van der Waals surface area contributed by atoms with E-state index in [4.69, 9.17) is 20.3 Å². The molecule has 0 amide bonds. The molecule has 0 fully saturated rings. The number of methoxy groups -OCH3 is 1. The highest BCUT2D eigenvalue weighted by Gasteiger charge is 2.31. The fourth-order valence-electron chi connectivity index (χ4n) is 1.40. The van der Waals surface area contributed by atoms with Crippen LogP contribution >= 0.6 is 7.60 Å². The number of nitrogens with zero attached hydrogens (tertiary/aromatic N) is 2. The Labute approximate surface area is 109 Å². The van der Waals surface area contributed by atoms with Crippen LogP contribution in [0.4, 0.5) is 5.82 Å². The van der Waals surface area contributed by atoms with Crippen LogP contribution in [0.3, 0.4) is 0 Å². The number of aromatic nitrogens is 2. The minimum Gasteiger partial charge on any atom is -0.385 e. The molecule has 0 radical (unpaired) electrons. The molecule has 0 aliphatic rings. The van der Waals surface area contributed by atoms with Gasteiger partial charge in [-0.05, 0) is 13.0 Å². The topological polar surface area (TPSA) is 137 Å². The van der Waals surface area contributed by atoms with Crippen LogP contribution in [0.25, 0.3) is 0 Å². The first-order valence-electron chi connectivity index (χ1n) is 5.30. The van der Waals surface area contributed by atoms with E-state index in [0.717, 1.165) is 11.7 Å². The van der Waals surface area contributed by atoms with Crippen molar-refractivity contribution in [1.82, 2.24) is 9.55 Å². The number of rotatable bonds is 6. The molecular formula is C9H16N3O6P. The quantitative estimate of drug-likeness (QED) is 0.464. The number of nitrogen functional groups attached to an aromatic ring is 1. The van der Waals surface area contributed by atoms with Crippen molar-refractivity contribution in [3.8, 4) is 0 Å². The zero-order valence-electron chi connectivity index (χ0n) is 10.5. The van der Waals surface area contributed by atoms with Crippen LogP contribution in [-0.4, -0.2) is 38.6 Å². The van der Waals surface area contributed by atoms with Gasteiger partial charge in [0.2, 0.25) is 0 Å². The van der Waals surface area contributed by atoms with Crippen molar-refractivity contribution >= 4 is 13.4 Å². The lowest BCUT2D eigenvalue weighted by Gasteiger charge is -2.22. The first-order valence-corrected chi connectivity index (χ1v) is 6.98. The van der Waals surface area contributed by atoms with Gasteiger partial charge in [-0.15, -0.1) is 0 Å². The Morgan fingerprint density at radius 3 is 2.68 bits per heavy atom. The molecule has 0 saturated carbocycles. The van der Waals surface area contributed by atoms with Crippen LogP contribution in [0.2, 0.25) is 0 Å². The van der Waals surface area contributed by atoms with Gasteiger partial charge in [-0.3, -0.25) is 9.13 Å². The van der Waals surface area contributed by atoms with Gasteiger partial charge in [-0.2, -0.15) is 0 Å². The molecule has 108 valence electrons. The second-order valence-electron chi connectivity index (χ2n) is 3.84. The molecule has 4 N–H and O–H groups in total. The van der Waals surface area contributed by atoms with Crippen molar-refractivity contribution in [2.45, 2.75) is 25.6 Å². The Morgan fingerprint density at radius 1 is 1.58 bits per heavy atom. The molecule has 19 heavy (non-hydrogen) atoms. The van der Waals surface area contributed by atoms with Gasteiger partial charge in [0.25, 0.3) is 6.03 Å². The maximum absolute atomic E-state index is 11.5. The predicted molar refractivity (Wildman–Crippen MR) is 66.3 cm³/mol. The Morgan fingerprint density at radius 2 is 2.21 bits per heavy atom. The Bertz CT molecular complexity index is 527. The SMILES string of the molecule is CO[C@@H](OC(C)Cn1c(N)ccnc1=O)P(=O)(O)O. The summed E-state index contributed by atoms with van der Waals surface area (Å²) in [6, 6.07) is -0.249. The molecule has 1 aromatic rings. The molecule has 0 aliphatic carbocycles. The zero-order chi connectivity index (χ0) is 14.6. The second-order valence-corrected chi connectivity index (χ2v) is 5.44. The maximum Gasteiger partial charge on any atom is 0.381 e. The summed E-state index contributed by atoms with van der Waals surface area (Å²) in [6.45, 7) is 1.53. The van der Waals surface area contributed by atoms with E-state index in [1.807, 2.05) is 0 Å². The molecule has 1 aromatic heterocycles. The average molecular weight is 293 g/mol. The third-order valence-electron chi connectivity index (χ3n) is 2.24. The summed E-state index contributed by atoms with van der Waals surface area (Å²) in [6.07, 6.45) is 0.564. The van der Waals surface area contributed by atoms with Crippen molar-refractivity contribution in [3.63, 3.8) is 0 Å². The predicted octanol–water partition coefficient (Wildman–Crippen LogP) is -0.662. The summed E-state index contributed by atoms with van der Waals surface area (Å²) in [5.74, 6) is 0.181. The van der Waals surface area contributed by atoms with Crippen LogP contribution in [0.15, 0.2) is 17.1 Å². The van der Waals surface area contributed by atoms with Crippen molar-refractivity contribution in [1.29, 1.82) is 0 Å². The highest BCUT2D eigenvalue weighted by Crippen LogP contribution is 2.42. The molecule has 0 aromatic carbocycles. The van der Waals surface area contributed by atoms with E-state index >= 15 is 0 Å². The smallest absolute Gasteiger partial charge is 0.381 e. The van der Waals surface area contributed by atoms with Gasteiger partial charge in [0, 0.05) is 13.3 Å². The standard InChI is InChI=1S/C9H16N3O6P/c1-6(18-9(17-2)19(14,15)16)5-12-7(10)3-4-11-8(12)13/h3-4,6,9H,5,10H2,1-2H3,(H2,14,15,16)/t6?,9-/m0/s1. The average Bonchev–Trinajstić information content (AvgIpc) is 2.29. The fourth-order valence-corrected chi connectivity index (χ4v) is 2.04. The fraction of sp³-hybridized carbons (Fsp3) is 0.556. The minimum atomic E-state index is -4.54. The highest BCUT2D eigenvalue weighted by atomic mass is 31.2.